The molecule has 0 bridgehead atoms. The SMILES string of the molecule is CN1CCC[C@@H]1C(=O)NCC1CC(NC(=O)c2ccc(C(N)=O)[nH]2)C1. The molecule has 2 aliphatic rings. The molecule has 1 saturated heterocycles. The van der Waals surface area contributed by atoms with Crippen molar-refractivity contribution >= 4 is 17.7 Å². The molecule has 0 radical (unpaired) electrons. The molecule has 3 rings (SSSR count). The lowest BCUT2D eigenvalue weighted by Gasteiger charge is -2.36. The van der Waals surface area contributed by atoms with Gasteiger partial charge in [-0.15, -0.1) is 0 Å². The Labute approximate surface area is 146 Å². The molecule has 1 atom stereocenters. The van der Waals surface area contributed by atoms with Crippen LogP contribution in [0.5, 0.6) is 0 Å². The third kappa shape index (κ3) is 4.01. The van der Waals surface area contributed by atoms with Gasteiger partial charge in [0.15, 0.2) is 0 Å². The number of nitrogens with two attached hydrogens (primary N) is 1. The summed E-state index contributed by atoms with van der Waals surface area (Å²) in [5.74, 6) is -0.331. The summed E-state index contributed by atoms with van der Waals surface area (Å²) >= 11 is 0. The molecule has 8 nitrogen and oxygen atoms in total. The predicted octanol–water partition coefficient (Wildman–Crippen LogP) is -0.168. The number of nitrogens with one attached hydrogen (secondary N) is 3. The average Bonchev–Trinajstić information content (AvgIpc) is 3.17. The van der Waals surface area contributed by atoms with Crippen LogP contribution in [0.2, 0.25) is 0 Å². The summed E-state index contributed by atoms with van der Waals surface area (Å²) in [7, 11) is 1.98. The molecule has 1 aliphatic heterocycles. The van der Waals surface area contributed by atoms with Crippen molar-refractivity contribution in [2.75, 3.05) is 20.1 Å². The van der Waals surface area contributed by atoms with Gasteiger partial charge in [0.1, 0.15) is 11.4 Å². The number of aromatic amines is 1. The van der Waals surface area contributed by atoms with Gasteiger partial charge in [-0.25, -0.2) is 0 Å². The first kappa shape index (κ1) is 17.5. The maximum atomic E-state index is 12.1. The predicted molar refractivity (Wildman–Crippen MR) is 92.0 cm³/mol. The Balaban J connectivity index is 1.37. The van der Waals surface area contributed by atoms with Gasteiger partial charge in [-0.05, 0) is 57.3 Å². The molecule has 3 amide bonds. The van der Waals surface area contributed by atoms with Crippen LogP contribution in [0.25, 0.3) is 0 Å². The zero-order chi connectivity index (χ0) is 18.0. The number of aromatic nitrogens is 1. The largest absolute Gasteiger partial charge is 0.364 e. The van der Waals surface area contributed by atoms with E-state index >= 15 is 0 Å². The monoisotopic (exact) mass is 347 g/mol. The Kier molecular flexibility index (Phi) is 5.08. The molecule has 2 fully saturated rings. The van der Waals surface area contributed by atoms with E-state index in [1.54, 1.807) is 6.07 Å². The van der Waals surface area contributed by atoms with Crippen LogP contribution < -0.4 is 16.4 Å². The minimum absolute atomic E-state index is 0.00269. The molecular formula is C17H25N5O3. The van der Waals surface area contributed by atoms with Crippen molar-refractivity contribution in [2.24, 2.45) is 11.7 Å². The van der Waals surface area contributed by atoms with Gasteiger partial charge in [0, 0.05) is 12.6 Å². The molecule has 8 heteroatoms. The van der Waals surface area contributed by atoms with E-state index in [0.29, 0.717) is 18.2 Å². The van der Waals surface area contributed by atoms with Crippen molar-refractivity contribution in [2.45, 2.75) is 37.8 Å². The summed E-state index contributed by atoms with van der Waals surface area (Å²) in [5, 5.41) is 5.95. The van der Waals surface area contributed by atoms with Crippen LogP contribution >= 0.6 is 0 Å². The van der Waals surface area contributed by atoms with Gasteiger partial charge in [-0.3, -0.25) is 19.3 Å². The first-order chi connectivity index (χ1) is 11.9. The smallest absolute Gasteiger partial charge is 0.267 e. The number of hydrogen-bond donors (Lipinski definition) is 4. The van der Waals surface area contributed by atoms with Crippen LogP contribution in [0.4, 0.5) is 0 Å². The lowest BCUT2D eigenvalue weighted by molar-refractivity contribution is -0.125. The quantitative estimate of drug-likeness (QED) is 0.571. The third-order valence-electron chi connectivity index (χ3n) is 5.16. The Morgan fingerprint density at radius 3 is 2.60 bits per heavy atom. The summed E-state index contributed by atoms with van der Waals surface area (Å²) in [6, 6.07) is 3.15. The van der Waals surface area contributed by atoms with E-state index < -0.39 is 5.91 Å². The second-order valence-electron chi connectivity index (χ2n) is 7.04. The van der Waals surface area contributed by atoms with Gasteiger partial charge in [0.2, 0.25) is 5.91 Å². The maximum absolute atomic E-state index is 12.1. The van der Waals surface area contributed by atoms with Crippen LogP contribution in [0, 0.1) is 5.92 Å². The number of primary amides is 1. The van der Waals surface area contributed by atoms with E-state index in [9.17, 15) is 14.4 Å². The zero-order valence-electron chi connectivity index (χ0n) is 14.4. The number of H-pyrrole nitrogens is 1. The standard InChI is InChI=1S/C17H25N5O3/c1-22-6-2-3-14(22)17(25)19-9-10-7-11(8-10)20-16(24)13-5-4-12(21-13)15(18)23/h4-5,10-11,14,21H,2-3,6-9H2,1H3,(H2,18,23)(H,19,25)(H,20,24)/t10?,11?,14-/m1/s1. The molecule has 1 aliphatic carbocycles. The fourth-order valence-corrected chi connectivity index (χ4v) is 3.56. The van der Waals surface area contributed by atoms with Gasteiger partial charge in [-0.1, -0.05) is 0 Å². The molecule has 0 unspecified atom stereocenters. The number of amides is 3. The third-order valence-corrected chi connectivity index (χ3v) is 5.16. The number of carbonyl (C=O) groups is 3. The molecule has 0 spiro atoms. The topological polar surface area (TPSA) is 120 Å². The summed E-state index contributed by atoms with van der Waals surface area (Å²) in [6.07, 6.45) is 3.68. The highest BCUT2D eigenvalue weighted by Gasteiger charge is 2.33. The van der Waals surface area contributed by atoms with Crippen molar-refractivity contribution in [3.05, 3.63) is 23.5 Å². The molecular weight excluding hydrogens is 322 g/mol. The summed E-state index contributed by atoms with van der Waals surface area (Å²) in [4.78, 5) is 40.1. The minimum atomic E-state index is -0.591. The lowest BCUT2D eigenvalue weighted by Crippen LogP contribution is -2.49. The second kappa shape index (κ2) is 7.26. The lowest BCUT2D eigenvalue weighted by atomic mass is 9.80. The van der Waals surface area contributed by atoms with Crippen LogP contribution in [-0.4, -0.2) is 59.8 Å². The fourth-order valence-electron chi connectivity index (χ4n) is 3.56. The first-order valence-corrected chi connectivity index (χ1v) is 8.71. The first-order valence-electron chi connectivity index (χ1n) is 8.71. The van der Waals surface area contributed by atoms with Crippen molar-refractivity contribution in [1.82, 2.24) is 20.5 Å². The number of carbonyl (C=O) groups excluding carboxylic acids is 3. The minimum Gasteiger partial charge on any atom is -0.364 e. The Bertz CT molecular complexity index is 665. The van der Waals surface area contributed by atoms with Crippen molar-refractivity contribution in [3.63, 3.8) is 0 Å². The number of likely N-dealkylation sites (tertiary alicyclic amines) is 1. The van der Waals surface area contributed by atoms with Gasteiger partial charge < -0.3 is 21.4 Å². The molecule has 25 heavy (non-hydrogen) atoms. The maximum Gasteiger partial charge on any atom is 0.267 e. The fraction of sp³-hybridized carbons (Fsp3) is 0.588. The van der Waals surface area contributed by atoms with E-state index in [4.69, 9.17) is 5.73 Å². The van der Waals surface area contributed by atoms with Crippen molar-refractivity contribution in [1.29, 1.82) is 0 Å². The van der Waals surface area contributed by atoms with Gasteiger partial charge in [-0.2, -0.15) is 0 Å². The molecule has 0 aromatic carbocycles. The Morgan fingerprint density at radius 2 is 2.00 bits per heavy atom. The van der Waals surface area contributed by atoms with E-state index in [2.05, 4.69) is 20.5 Å². The molecule has 2 heterocycles. The summed E-state index contributed by atoms with van der Waals surface area (Å²) in [5.41, 5.74) is 5.70. The Hall–Kier alpha value is -2.35. The van der Waals surface area contributed by atoms with Crippen LogP contribution in [0.15, 0.2) is 12.1 Å². The van der Waals surface area contributed by atoms with Gasteiger partial charge >= 0.3 is 0 Å². The van der Waals surface area contributed by atoms with Crippen LogP contribution in [0.1, 0.15) is 46.7 Å². The molecule has 1 aromatic heterocycles. The van der Waals surface area contributed by atoms with Gasteiger partial charge in [0.25, 0.3) is 11.8 Å². The molecule has 1 aromatic rings. The van der Waals surface area contributed by atoms with E-state index in [-0.39, 0.29) is 29.6 Å². The Morgan fingerprint density at radius 1 is 1.28 bits per heavy atom. The van der Waals surface area contributed by atoms with Gasteiger partial charge in [0.05, 0.1) is 6.04 Å². The van der Waals surface area contributed by atoms with Crippen molar-refractivity contribution < 1.29 is 14.4 Å². The highest BCUT2D eigenvalue weighted by atomic mass is 16.2. The normalized spacial score (nSPS) is 26.0. The average molecular weight is 347 g/mol. The molecule has 1 saturated carbocycles. The summed E-state index contributed by atoms with van der Waals surface area (Å²) < 4.78 is 0. The van der Waals surface area contributed by atoms with Crippen molar-refractivity contribution in [3.8, 4) is 0 Å². The second-order valence-corrected chi connectivity index (χ2v) is 7.04. The van der Waals surface area contributed by atoms with E-state index in [1.165, 1.54) is 6.07 Å². The van der Waals surface area contributed by atoms with Crippen LogP contribution in [-0.2, 0) is 4.79 Å². The highest BCUT2D eigenvalue weighted by Crippen LogP contribution is 2.27. The number of hydrogen-bond acceptors (Lipinski definition) is 4. The number of rotatable bonds is 6. The zero-order valence-corrected chi connectivity index (χ0v) is 14.4. The number of likely N-dealkylation sites (N-methyl/N-ethyl adjacent to an activating group) is 1. The molecule has 136 valence electrons. The summed E-state index contributed by atoms with van der Waals surface area (Å²) in [6.45, 7) is 1.63. The number of nitrogens with zero attached hydrogens (tertiary/aromatic N) is 1. The molecule has 5 N–H and O–H groups in total. The van der Waals surface area contributed by atoms with E-state index in [0.717, 1.165) is 32.2 Å². The highest BCUT2D eigenvalue weighted by molar-refractivity contribution is 5.96. The van der Waals surface area contributed by atoms with E-state index in [1.807, 2.05) is 7.05 Å². The van der Waals surface area contributed by atoms with Crippen LogP contribution in [0.3, 0.4) is 0 Å².